The Balaban J connectivity index is 0.000000806. The maximum Gasteiger partial charge on any atom is 0.223 e. The van der Waals surface area contributed by atoms with Gasteiger partial charge in [0.25, 0.3) is 0 Å². The van der Waals surface area contributed by atoms with Gasteiger partial charge < -0.3 is 10.4 Å². The van der Waals surface area contributed by atoms with E-state index in [0.717, 1.165) is 31.7 Å². The lowest BCUT2D eigenvalue weighted by molar-refractivity contribution is -0.126. The second-order valence-electron chi connectivity index (χ2n) is 9.24. The Labute approximate surface area is 187 Å². The number of aromatic hydroxyl groups is 1. The molecule has 0 unspecified atom stereocenters. The van der Waals surface area contributed by atoms with Gasteiger partial charge in [0.1, 0.15) is 5.67 Å². The van der Waals surface area contributed by atoms with Crippen LogP contribution in [0.25, 0.3) is 0 Å². The summed E-state index contributed by atoms with van der Waals surface area (Å²) in [5, 5.41) is 12.9. The van der Waals surface area contributed by atoms with Crippen molar-refractivity contribution < 1.29 is 18.7 Å². The first-order valence-electron chi connectivity index (χ1n) is 11.0. The predicted octanol–water partition coefficient (Wildman–Crippen LogP) is 7.27. The quantitative estimate of drug-likeness (QED) is 0.462. The number of phenols is 1. The first kappa shape index (κ1) is 23.6. The standard InChI is InChI=1S/C20H23Cl2F2NO2.C3H8/c21-12-9-13(26)16(23)14(15(12)22)17(25-18(27)11-3-1-2-4-11)19-5-7-20(24,10-19)8-6-19;1-3-2/h9,11,17,26H,1-8,10H2,(H,25,27);3H2,1-2H3/t17-,19?,20?;/m1./s1. The van der Waals surface area contributed by atoms with Crippen LogP contribution < -0.4 is 5.32 Å². The van der Waals surface area contributed by atoms with E-state index in [2.05, 4.69) is 19.2 Å². The number of alkyl halides is 1. The molecule has 1 atom stereocenters. The van der Waals surface area contributed by atoms with Gasteiger partial charge in [0.15, 0.2) is 11.6 Å². The third kappa shape index (κ3) is 4.43. The SMILES string of the molecule is CCC.O=C(N[C@H](c1c(F)c(O)cc(Cl)c1Cl)C12CCC(F)(CC1)C2)C1CCCC1. The smallest absolute Gasteiger partial charge is 0.223 e. The molecule has 1 aromatic carbocycles. The summed E-state index contributed by atoms with van der Waals surface area (Å²) in [4.78, 5) is 12.9. The highest BCUT2D eigenvalue weighted by molar-refractivity contribution is 6.42. The van der Waals surface area contributed by atoms with Crippen molar-refractivity contribution >= 4 is 29.1 Å². The van der Waals surface area contributed by atoms with Crippen molar-refractivity contribution in [2.24, 2.45) is 11.3 Å². The zero-order valence-corrected chi connectivity index (χ0v) is 19.2. The van der Waals surface area contributed by atoms with Crippen molar-refractivity contribution in [1.82, 2.24) is 5.32 Å². The van der Waals surface area contributed by atoms with Gasteiger partial charge in [-0.3, -0.25) is 4.79 Å². The van der Waals surface area contributed by atoms with Gasteiger partial charge in [-0.1, -0.05) is 56.3 Å². The van der Waals surface area contributed by atoms with Gasteiger partial charge in [0.2, 0.25) is 5.91 Å². The van der Waals surface area contributed by atoms with E-state index in [9.17, 15) is 18.7 Å². The van der Waals surface area contributed by atoms with Gasteiger partial charge in [-0.2, -0.15) is 0 Å². The van der Waals surface area contributed by atoms with Crippen LogP contribution in [-0.2, 0) is 4.79 Å². The normalized spacial score (nSPS) is 28.9. The van der Waals surface area contributed by atoms with E-state index in [1.54, 1.807) is 0 Å². The van der Waals surface area contributed by atoms with Crippen LogP contribution >= 0.6 is 23.2 Å². The summed E-state index contributed by atoms with van der Waals surface area (Å²) in [6.45, 7) is 4.25. The molecule has 0 spiro atoms. The lowest BCUT2D eigenvalue weighted by atomic mass is 9.74. The molecular formula is C23H31Cl2F2NO2. The molecule has 0 aromatic heterocycles. The minimum Gasteiger partial charge on any atom is -0.505 e. The molecule has 4 rings (SSSR count). The number of hydrogen-bond donors (Lipinski definition) is 2. The average molecular weight is 462 g/mol. The minimum absolute atomic E-state index is 0.0147. The van der Waals surface area contributed by atoms with E-state index < -0.39 is 28.7 Å². The maximum atomic E-state index is 15.0. The summed E-state index contributed by atoms with van der Waals surface area (Å²) in [6, 6.07) is 0.252. The summed E-state index contributed by atoms with van der Waals surface area (Å²) < 4.78 is 29.8. The Hall–Kier alpha value is -1.07. The first-order chi connectivity index (χ1) is 14.2. The monoisotopic (exact) mass is 461 g/mol. The Morgan fingerprint density at radius 1 is 1.23 bits per heavy atom. The average Bonchev–Trinajstić information content (AvgIpc) is 3.41. The van der Waals surface area contributed by atoms with Crippen molar-refractivity contribution in [1.29, 1.82) is 0 Å². The maximum absolute atomic E-state index is 15.0. The molecule has 3 nitrogen and oxygen atoms in total. The van der Waals surface area contributed by atoms with Gasteiger partial charge >= 0.3 is 0 Å². The molecule has 30 heavy (non-hydrogen) atoms. The minimum atomic E-state index is -1.26. The van der Waals surface area contributed by atoms with Gasteiger partial charge in [-0.15, -0.1) is 0 Å². The molecule has 3 aliphatic rings. The van der Waals surface area contributed by atoms with E-state index in [1.165, 1.54) is 6.42 Å². The number of hydrogen-bond acceptors (Lipinski definition) is 2. The van der Waals surface area contributed by atoms with Crippen LogP contribution in [0.5, 0.6) is 5.75 Å². The fourth-order valence-corrected chi connectivity index (χ4v) is 5.87. The number of halogens is 4. The van der Waals surface area contributed by atoms with E-state index in [-0.39, 0.29) is 33.9 Å². The molecule has 168 valence electrons. The lowest BCUT2D eigenvalue weighted by Gasteiger charge is -2.38. The van der Waals surface area contributed by atoms with Gasteiger partial charge in [0.05, 0.1) is 16.1 Å². The molecule has 2 N–H and O–H groups in total. The molecule has 3 fully saturated rings. The molecule has 7 heteroatoms. The largest absolute Gasteiger partial charge is 0.505 e. The van der Waals surface area contributed by atoms with Gasteiger partial charge in [0, 0.05) is 17.5 Å². The van der Waals surface area contributed by atoms with Gasteiger partial charge in [-0.05, 0) is 50.4 Å². The summed E-state index contributed by atoms with van der Waals surface area (Å²) in [7, 11) is 0. The second kappa shape index (κ2) is 9.20. The Morgan fingerprint density at radius 2 is 1.80 bits per heavy atom. The fourth-order valence-electron chi connectivity index (χ4n) is 5.41. The third-order valence-corrected chi connectivity index (χ3v) is 7.70. The molecule has 3 saturated carbocycles. The van der Waals surface area contributed by atoms with Crippen LogP contribution in [0.4, 0.5) is 8.78 Å². The van der Waals surface area contributed by atoms with E-state index in [0.29, 0.717) is 25.7 Å². The second-order valence-corrected chi connectivity index (χ2v) is 10.0. The van der Waals surface area contributed by atoms with Crippen molar-refractivity contribution in [2.75, 3.05) is 0 Å². The van der Waals surface area contributed by atoms with E-state index >= 15 is 0 Å². The molecule has 0 aliphatic heterocycles. The molecule has 0 radical (unpaired) electrons. The molecule has 2 bridgehead atoms. The molecule has 3 aliphatic carbocycles. The van der Waals surface area contributed by atoms with E-state index in [4.69, 9.17) is 23.2 Å². The number of rotatable bonds is 4. The van der Waals surface area contributed by atoms with Crippen LogP contribution in [0, 0.1) is 17.2 Å². The van der Waals surface area contributed by atoms with Crippen LogP contribution in [0.1, 0.15) is 89.7 Å². The van der Waals surface area contributed by atoms with E-state index in [1.807, 2.05) is 0 Å². The summed E-state index contributed by atoms with van der Waals surface area (Å²) in [5.41, 5.74) is -1.89. The highest BCUT2D eigenvalue weighted by Crippen LogP contribution is 2.64. The van der Waals surface area contributed by atoms with Crippen molar-refractivity contribution in [3.63, 3.8) is 0 Å². The number of benzene rings is 1. The van der Waals surface area contributed by atoms with Crippen LogP contribution in [0.2, 0.25) is 10.0 Å². The first-order valence-corrected chi connectivity index (χ1v) is 11.8. The van der Waals surface area contributed by atoms with Crippen LogP contribution in [0.15, 0.2) is 6.07 Å². The highest BCUT2D eigenvalue weighted by atomic mass is 35.5. The predicted molar refractivity (Wildman–Crippen MR) is 116 cm³/mol. The number of amides is 1. The molecule has 1 amide bonds. The van der Waals surface area contributed by atoms with Crippen molar-refractivity contribution in [3.8, 4) is 5.75 Å². The zero-order chi connectivity index (χ0) is 22.1. The van der Waals surface area contributed by atoms with Crippen LogP contribution in [0.3, 0.4) is 0 Å². The molecule has 0 heterocycles. The summed E-state index contributed by atoms with van der Waals surface area (Å²) in [5.74, 6) is -1.77. The zero-order valence-electron chi connectivity index (χ0n) is 17.7. The lowest BCUT2D eigenvalue weighted by Crippen LogP contribution is -2.42. The molecule has 1 aromatic rings. The van der Waals surface area contributed by atoms with Crippen LogP contribution in [-0.4, -0.2) is 16.7 Å². The number of fused-ring (bicyclic) bond motifs is 2. The molecular weight excluding hydrogens is 431 g/mol. The third-order valence-electron chi connectivity index (χ3n) is 6.90. The Morgan fingerprint density at radius 3 is 2.30 bits per heavy atom. The summed E-state index contributed by atoms with van der Waals surface area (Å²) in [6.07, 6.45) is 6.99. The fraction of sp³-hybridized carbons (Fsp3) is 0.696. The number of nitrogens with one attached hydrogen (secondary N) is 1. The topological polar surface area (TPSA) is 49.3 Å². The Bertz CT molecular complexity index is 762. The highest BCUT2D eigenvalue weighted by Gasteiger charge is 2.59. The number of phenolic OH excluding ortho intramolecular Hbond substituents is 1. The van der Waals surface area contributed by atoms with Gasteiger partial charge in [-0.25, -0.2) is 8.78 Å². The van der Waals surface area contributed by atoms with Crippen molar-refractivity contribution in [3.05, 3.63) is 27.5 Å². The molecule has 0 saturated heterocycles. The number of carbonyl (C=O) groups excluding carboxylic acids is 1. The number of carbonyl (C=O) groups is 1. The summed E-state index contributed by atoms with van der Waals surface area (Å²) >= 11 is 12.4. The Kier molecular flexibility index (Phi) is 7.23. The van der Waals surface area contributed by atoms with Crippen molar-refractivity contribution in [2.45, 2.75) is 89.8 Å².